The van der Waals surface area contributed by atoms with E-state index in [0.717, 1.165) is 6.07 Å². The molecule has 1 aromatic rings. The third-order valence-electron chi connectivity index (χ3n) is 4.03. The minimum atomic E-state index is -4.46. The second-order valence-electron chi connectivity index (χ2n) is 5.61. The van der Waals surface area contributed by atoms with Gasteiger partial charge in [0.15, 0.2) is 0 Å². The number of anilines is 1. The second kappa shape index (κ2) is 8.44. The lowest BCUT2D eigenvalue weighted by molar-refractivity contribution is -0.137. The zero-order chi connectivity index (χ0) is 18.4. The largest absolute Gasteiger partial charge is 0.497 e. The van der Waals surface area contributed by atoms with Crippen LogP contribution in [0.5, 0.6) is 5.75 Å². The summed E-state index contributed by atoms with van der Waals surface area (Å²) in [7, 11) is 1.35. The molecule has 0 saturated heterocycles. The highest BCUT2D eigenvalue weighted by Gasteiger charge is 2.37. The number of hydrogen-bond donors (Lipinski definition) is 1. The third-order valence-corrected chi connectivity index (χ3v) is 4.03. The molecule has 140 valence electrons. The first-order chi connectivity index (χ1) is 11.9. The molecule has 0 saturated carbocycles. The van der Waals surface area contributed by atoms with E-state index in [4.69, 9.17) is 15.2 Å². The van der Waals surface area contributed by atoms with Crippen molar-refractivity contribution in [3.63, 3.8) is 0 Å². The molecule has 1 atom stereocenters. The lowest BCUT2D eigenvalue weighted by Crippen LogP contribution is -2.40. The van der Waals surface area contributed by atoms with Crippen LogP contribution in [-0.2, 0) is 10.9 Å². The molecule has 8 heteroatoms. The predicted molar refractivity (Wildman–Crippen MR) is 90.3 cm³/mol. The monoisotopic (exact) mass is 359 g/mol. The number of rotatable bonds is 8. The van der Waals surface area contributed by atoms with Crippen molar-refractivity contribution in [3.05, 3.63) is 36.2 Å². The summed E-state index contributed by atoms with van der Waals surface area (Å²) in [6.45, 7) is 3.91. The SMILES string of the molecule is CCC1N(CCOCCN)C=CN1c1ccc(OC)cc1C(F)(F)F. The summed E-state index contributed by atoms with van der Waals surface area (Å²) in [6, 6.07) is 4.02. The number of nitrogens with two attached hydrogens (primary N) is 1. The van der Waals surface area contributed by atoms with E-state index in [1.165, 1.54) is 19.2 Å². The Hall–Kier alpha value is -1.93. The van der Waals surface area contributed by atoms with Crippen molar-refractivity contribution in [2.45, 2.75) is 25.7 Å². The molecule has 0 aromatic heterocycles. The van der Waals surface area contributed by atoms with Crippen LogP contribution in [0, 0.1) is 0 Å². The van der Waals surface area contributed by atoms with Crippen LogP contribution in [0.25, 0.3) is 0 Å². The molecule has 0 amide bonds. The van der Waals surface area contributed by atoms with E-state index in [1.54, 1.807) is 17.3 Å². The number of methoxy groups -OCH3 is 1. The van der Waals surface area contributed by atoms with Gasteiger partial charge < -0.3 is 25.0 Å². The maximum Gasteiger partial charge on any atom is 0.418 e. The van der Waals surface area contributed by atoms with Crippen LogP contribution in [0.3, 0.4) is 0 Å². The molecule has 0 aliphatic carbocycles. The summed E-state index contributed by atoms with van der Waals surface area (Å²) >= 11 is 0. The Balaban J connectivity index is 2.22. The average molecular weight is 359 g/mol. The fraction of sp³-hybridized carbons (Fsp3) is 0.529. The topological polar surface area (TPSA) is 51.0 Å². The number of hydrogen-bond acceptors (Lipinski definition) is 5. The molecule has 0 bridgehead atoms. The van der Waals surface area contributed by atoms with Gasteiger partial charge in [-0.25, -0.2) is 0 Å². The van der Waals surface area contributed by atoms with Gasteiger partial charge in [0.1, 0.15) is 11.9 Å². The highest BCUT2D eigenvalue weighted by Crippen LogP contribution is 2.41. The second-order valence-corrected chi connectivity index (χ2v) is 5.61. The lowest BCUT2D eigenvalue weighted by Gasteiger charge is -2.33. The van der Waals surface area contributed by atoms with Gasteiger partial charge in [0.25, 0.3) is 0 Å². The highest BCUT2D eigenvalue weighted by molar-refractivity contribution is 5.61. The maximum absolute atomic E-state index is 13.5. The first kappa shape index (κ1) is 19.4. The first-order valence-electron chi connectivity index (χ1n) is 8.17. The molecule has 1 heterocycles. The summed E-state index contributed by atoms with van der Waals surface area (Å²) in [6.07, 6.45) is -0.532. The molecular weight excluding hydrogens is 335 g/mol. The fourth-order valence-corrected chi connectivity index (χ4v) is 2.86. The van der Waals surface area contributed by atoms with Crippen LogP contribution in [-0.4, -0.2) is 44.5 Å². The number of alkyl halides is 3. The Labute approximate surface area is 145 Å². The van der Waals surface area contributed by atoms with Crippen molar-refractivity contribution in [2.75, 3.05) is 38.3 Å². The van der Waals surface area contributed by atoms with Crippen molar-refractivity contribution in [2.24, 2.45) is 5.73 Å². The Morgan fingerprint density at radius 3 is 2.56 bits per heavy atom. The average Bonchev–Trinajstić information content (AvgIpc) is 3.00. The molecule has 1 aliphatic heterocycles. The van der Waals surface area contributed by atoms with E-state index in [-0.39, 0.29) is 17.6 Å². The number of halogens is 3. The predicted octanol–water partition coefficient (Wildman–Crippen LogP) is 3.02. The van der Waals surface area contributed by atoms with E-state index in [2.05, 4.69) is 0 Å². The van der Waals surface area contributed by atoms with Crippen LogP contribution in [0.1, 0.15) is 18.9 Å². The number of nitrogens with zero attached hydrogens (tertiary/aromatic N) is 2. The van der Waals surface area contributed by atoms with E-state index in [1.807, 2.05) is 11.8 Å². The van der Waals surface area contributed by atoms with Gasteiger partial charge in [0, 0.05) is 25.5 Å². The van der Waals surface area contributed by atoms with Gasteiger partial charge >= 0.3 is 6.18 Å². The van der Waals surface area contributed by atoms with Gasteiger partial charge in [-0.1, -0.05) is 6.92 Å². The summed E-state index contributed by atoms with van der Waals surface area (Å²) in [4.78, 5) is 3.62. The Kier molecular flexibility index (Phi) is 6.55. The summed E-state index contributed by atoms with van der Waals surface area (Å²) in [5, 5.41) is 0. The minimum absolute atomic E-state index is 0.113. The van der Waals surface area contributed by atoms with Crippen molar-refractivity contribution in [1.82, 2.24) is 4.90 Å². The quantitative estimate of drug-likeness (QED) is 0.723. The summed E-state index contributed by atoms with van der Waals surface area (Å²) < 4.78 is 50.8. The van der Waals surface area contributed by atoms with Crippen LogP contribution < -0.4 is 15.4 Å². The van der Waals surface area contributed by atoms with Crippen molar-refractivity contribution in [3.8, 4) is 5.75 Å². The molecule has 0 fully saturated rings. The van der Waals surface area contributed by atoms with Gasteiger partial charge in [0.2, 0.25) is 0 Å². The maximum atomic E-state index is 13.5. The zero-order valence-electron chi connectivity index (χ0n) is 14.4. The van der Waals surface area contributed by atoms with E-state index >= 15 is 0 Å². The molecule has 1 unspecified atom stereocenters. The van der Waals surface area contributed by atoms with Crippen LogP contribution in [0.4, 0.5) is 18.9 Å². The molecule has 0 radical (unpaired) electrons. The molecular formula is C17H24F3N3O2. The third kappa shape index (κ3) is 4.58. The number of ether oxygens (including phenoxy) is 2. The standard InChI is InChI=1S/C17H24F3N3O2/c1-3-16-22(9-11-25-10-6-21)7-8-23(16)15-5-4-13(24-2)12-14(15)17(18,19)20/h4-5,7-8,12,16H,3,6,9-11,21H2,1-2H3. The van der Waals surface area contributed by atoms with Gasteiger partial charge in [-0.2, -0.15) is 13.2 Å². The molecule has 1 aliphatic rings. The van der Waals surface area contributed by atoms with Crippen LogP contribution in [0.15, 0.2) is 30.6 Å². The van der Waals surface area contributed by atoms with Crippen LogP contribution >= 0.6 is 0 Å². The van der Waals surface area contributed by atoms with Gasteiger partial charge in [0.05, 0.1) is 31.6 Å². The van der Waals surface area contributed by atoms with E-state index < -0.39 is 11.7 Å². The van der Waals surface area contributed by atoms with Gasteiger partial charge in [-0.3, -0.25) is 0 Å². The Bertz CT molecular complexity index is 593. The Morgan fingerprint density at radius 2 is 1.96 bits per heavy atom. The lowest BCUT2D eigenvalue weighted by atomic mass is 10.1. The molecule has 2 N–H and O–H groups in total. The normalized spacial score (nSPS) is 17.4. The fourth-order valence-electron chi connectivity index (χ4n) is 2.86. The highest BCUT2D eigenvalue weighted by atomic mass is 19.4. The first-order valence-corrected chi connectivity index (χ1v) is 8.17. The summed E-state index contributed by atoms with van der Waals surface area (Å²) in [5.74, 6) is 0.180. The molecule has 5 nitrogen and oxygen atoms in total. The Morgan fingerprint density at radius 1 is 1.20 bits per heavy atom. The van der Waals surface area contributed by atoms with E-state index in [0.29, 0.717) is 32.7 Å². The smallest absolute Gasteiger partial charge is 0.418 e. The van der Waals surface area contributed by atoms with Crippen LogP contribution in [0.2, 0.25) is 0 Å². The molecule has 2 rings (SSSR count). The summed E-state index contributed by atoms with van der Waals surface area (Å²) in [5.41, 5.74) is 4.78. The molecule has 0 spiro atoms. The molecule has 25 heavy (non-hydrogen) atoms. The van der Waals surface area contributed by atoms with Crippen molar-refractivity contribution in [1.29, 1.82) is 0 Å². The van der Waals surface area contributed by atoms with Crippen molar-refractivity contribution < 1.29 is 22.6 Å². The minimum Gasteiger partial charge on any atom is -0.497 e. The van der Waals surface area contributed by atoms with Gasteiger partial charge in [-0.05, 0) is 24.6 Å². The number of benzene rings is 1. The zero-order valence-corrected chi connectivity index (χ0v) is 14.4. The van der Waals surface area contributed by atoms with Crippen molar-refractivity contribution >= 4 is 5.69 Å². The van der Waals surface area contributed by atoms with E-state index in [9.17, 15) is 13.2 Å². The van der Waals surface area contributed by atoms with Gasteiger partial charge in [-0.15, -0.1) is 0 Å². The molecule has 1 aromatic carbocycles.